The van der Waals surface area contributed by atoms with E-state index in [0.29, 0.717) is 6.42 Å². The van der Waals surface area contributed by atoms with Crippen LogP contribution in [0.25, 0.3) is 0 Å². The maximum Gasteiger partial charge on any atom is 0.0622 e. The monoisotopic (exact) mass is 278 g/mol. The quantitative estimate of drug-likeness (QED) is 0.839. The molecule has 84 valence electrons. The molecule has 1 saturated carbocycles. The smallest absolute Gasteiger partial charge is 0.0622 e. The van der Waals surface area contributed by atoms with Gasteiger partial charge in [0, 0.05) is 16.4 Å². The molecule has 2 nitrogen and oxygen atoms in total. The van der Waals surface area contributed by atoms with Gasteiger partial charge in [0.25, 0.3) is 0 Å². The molecular formula is C13H15BrN2. The van der Waals surface area contributed by atoms with Crippen molar-refractivity contribution in [3.63, 3.8) is 0 Å². The van der Waals surface area contributed by atoms with E-state index in [1.807, 2.05) is 6.07 Å². The number of rotatable bonds is 5. The largest absolute Gasteiger partial charge is 0.307 e. The Balaban J connectivity index is 1.98. The average Bonchev–Trinajstić information content (AvgIpc) is 3.06. The van der Waals surface area contributed by atoms with Crippen LogP contribution in [0.4, 0.5) is 0 Å². The summed E-state index contributed by atoms with van der Waals surface area (Å²) in [5.74, 6) is 0. The molecule has 0 unspecified atom stereocenters. The number of nitriles is 1. The maximum atomic E-state index is 8.49. The molecule has 0 aromatic heterocycles. The SMILES string of the molecule is N#CCCCNC1(c2ccccc2Br)CC1. The third-order valence-corrected chi connectivity index (χ3v) is 3.76. The van der Waals surface area contributed by atoms with Crippen molar-refractivity contribution < 1.29 is 0 Å². The minimum absolute atomic E-state index is 0.176. The van der Waals surface area contributed by atoms with Crippen molar-refractivity contribution >= 4 is 15.9 Å². The molecule has 2 rings (SSSR count). The van der Waals surface area contributed by atoms with Crippen molar-refractivity contribution in [3.05, 3.63) is 34.3 Å². The number of unbranched alkanes of at least 4 members (excludes halogenated alkanes) is 1. The van der Waals surface area contributed by atoms with E-state index in [1.54, 1.807) is 0 Å². The Labute approximate surface area is 105 Å². The number of nitrogens with one attached hydrogen (secondary N) is 1. The zero-order chi connectivity index (χ0) is 11.4. The summed E-state index contributed by atoms with van der Waals surface area (Å²) in [5, 5.41) is 12.1. The molecule has 0 radical (unpaired) electrons. The second-order valence-corrected chi connectivity index (χ2v) is 5.10. The lowest BCUT2D eigenvalue weighted by atomic mass is 10.0. The number of halogens is 1. The van der Waals surface area contributed by atoms with E-state index in [0.717, 1.165) is 13.0 Å². The predicted molar refractivity (Wildman–Crippen MR) is 67.9 cm³/mol. The van der Waals surface area contributed by atoms with E-state index in [2.05, 4.69) is 45.5 Å². The van der Waals surface area contributed by atoms with Crippen molar-refractivity contribution in [2.75, 3.05) is 6.54 Å². The summed E-state index contributed by atoms with van der Waals surface area (Å²) >= 11 is 3.60. The molecule has 0 amide bonds. The molecule has 0 spiro atoms. The van der Waals surface area contributed by atoms with Crippen LogP contribution in [0.5, 0.6) is 0 Å². The van der Waals surface area contributed by atoms with Crippen molar-refractivity contribution in [2.45, 2.75) is 31.2 Å². The van der Waals surface area contributed by atoms with Crippen molar-refractivity contribution in [1.82, 2.24) is 5.32 Å². The van der Waals surface area contributed by atoms with Crippen LogP contribution in [0.3, 0.4) is 0 Å². The Kier molecular flexibility index (Phi) is 3.63. The summed E-state index contributed by atoms with van der Waals surface area (Å²) in [6, 6.07) is 10.6. The Hall–Kier alpha value is -0.850. The van der Waals surface area contributed by atoms with Crippen molar-refractivity contribution in [2.24, 2.45) is 0 Å². The van der Waals surface area contributed by atoms with Gasteiger partial charge in [-0.1, -0.05) is 34.1 Å². The highest BCUT2D eigenvalue weighted by Crippen LogP contribution is 2.47. The van der Waals surface area contributed by atoms with E-state index < -0.39 is 0 Å². The lowest BCUT2D eigenvalue weighted by molar-refractivity contribution is 0.510. The van der Waals surface area contributed by atoms with E-state index in [4.69, 9.17) is 5.26 Å². The Morgan fingerprint density at radius 3 is 2.75 bits per heavy atom. The third kappa shape index (κ3) is 2.45. The van der Waals surface area contributed by atoms with Gasteiger partial charge in [0.05, 0.1) is 6.07 Å². The molecule has 1 aliphatic rings. The van der Waals surface area contributed by atoms with Gasteiger partial charge >= 0.3 is 0 Å². The van der Waals surface area contributed by atoms with Crippen LogP contribution < -0.4 is 5.32 Å². The van der Waals surface area contributed by atoms with Gasteiger partial charge in [-0.3, -0.25) is 0 Å². The molecule has 1 N–H and O–H groups in total. The molecular weight excluding hydrogens is 264 g/mol. The first-order valence-electron chi connectivity index (χ1n) is 5.65. The summed E-state index contributed by atoms with van der Waals surface area (Å²) in [5.41, 5.74) is 1.53. The normalized spacial score (nSPS) is 16.8. The van der Waals surface area contributed by atoms with Gasteiger partial charge < -0.3 is 5.32 Å². The Morgan fingerprint density at radius 2 is 2.12 bits per heavy atom. The first kappa shape index (κ1) is 11.6. The van der Waals surface area contributed by atoms with E-state index >= 15 is 0 Å². The number of benzene rings is 1. The molecule has 0 aliphatic heterocycles. The van der Waals surface area contributed by atoms with Gasteiger partial charge in [0.2, 0.25) is 0 Å². The first-order valence-corrected chi connectivity index (χ1v) is 6.45. The van der Waals surface area contributed by atoms with Crippen molar-refractivity contribution in [1.29, 1.82) is 5.26 Å². The molecule has 1 aromatic carbocycles. The first-order chi connectivity index (χ1) is 7.78. The minimum Gasteiger partial charge on any atom is -0.307 e. The fourth-order valence-corrected chi connectivity index (χ4v) is 2.68. The molecule has 1 fully saturated rings. The van der Waals surface area contributed by atoms with Gasteiger partial charge in [0.1, 0.15) is 0 Å². The van der Waals surface area contributed by atoms with E-state index in [9.17, 15) is 0 Å². The molecule has 0 bridgehead atoms. The fraction of sp³-hybridized carbons (Fsp3) is 0.462. The summed E-state index contributed by atoms with van der Waals surface area (Å²) in [6.45, 7) is 0.925. The fourth-order valence-electron chi connectivity index (χ4n) is 2.01. The maximum absolute atomic E-state index is 8.49. The minimum atomic E-state index is 0.176. The van der Waals surface area contributed by atoms with Gasteiger partial charge in [-0.25, -0.2) is 0 Å². The van der Waals surface area contributed by atoms with Crippen LogP contribution >= 0.6 is 15.9 Å². The van der Waals surface area contributed by atoms with Crippen LogP contribution in [0.15, 0.2) is 28.7 Å². The van der Waals surface area contributed by atoms with Gasteiger partial charge in [0.15, 0.2) is 0 Å². The molecule has 0 saturated heterocycles. The van der Waals surface area contributed by atoms with Gasteiger partial charge in [-0.05, 0) is 37.4 Å². The average molecular weight is 279 g/mol. The van der Waals surface area contributed by atoms with Crippen LogP contribution in [-0.4, -0.2) is 6.54 Å². The van der Waals surface area contributed by atoms with Crippen molar-refractivity contribution in [3.8, 4) is 6.07 Å². The second-order valence-electron chi connectivity index (χ2n) is 4.25. The van der Waals surface area contributed by atoms with Crippen LogP contribution in [0.2, 0.25) is 0 Å². The topological polar surface area (TPSA) is 35.8 Å². The summed E-state index contributed by atoms with van der Waals surface area (Å²) < 4.78 is 1.18. The molecule has 3 heteroatoms. The lowest BCUT2D eigenvalue weighted by Crippen LogP contribution is -2.30. The third-order valence-electron chi connectivity index (χ3n) is 3.07. The highest BCUT2D eigenvalue weighted by atomic mass is 79.9. The standard InChI is InChI=1S/C13H15BrN2/c14-12-6-2-1-5-11(12)13(7-8-13)16-10-4-3-9-15/h1-2,5-6,16H,3-4,7-8,10H2. The Morgan fingerprint density at radius 1 is 1.38 bits per heavy atom. The van der Waals surface area contributed by atoms with Gasteiger partial charge in [-0.15, -0.1) is 0 Å². The van der Waals surface area contributed by atoms with E-state index in [-0.39, 0.29) is 5.54 Å². The molecule has 1 aliphatic carbocycles. The lowest BCUT2D eigenvalue weighted by Gasteiger charge is -2.19. The number of nitrogens with zero attached hydrogens (tertiary/aromatic N) is 1. The molecule has 16 heavy (non-hydrogen) atoms. The van der Waals surface area contributed by atoms with Crippen LogP contribution in [0.1, 0.15) is 31.2 Å². The molecule has 0 atom stereocenters. The molecule has 1 aromatic rings. The van der Waals surface area contributed by atoms with Gasteiger partial charge in [-0.2, -0.15) is 5.26 Å². The predicted octanol–water partition coefficient (Wildman–Crippen LogP) is 3.33. The molecule has 0 heterocycles. The highest BCUT2D eigenvalue weighted by Gasteiger charge is 2.44. The zero-order valence-corrected chi connectivity index (χ0v) is 10.8. The van der Waals surface area contributed by atoms with Crippen LogP contribution in [0, 0.1) is 11.3 Å². The van der Waals surface area contributed by atoms with E-state index in [1.165, 1.54) is 22.9 Å². The highest BCUT2D eigenvalue weighted by molar-refractivity contribution is 9.10. The number of hydrogen-bond acceptors (Lipinski definition) is 2. The zero-order valence-electron chi connectivity index (χ0n) is 9.17. The number of hydrogen-bond donors (Lipinski definition) is 1. The summed E-state index contributed by atoms with van der Waals surface area (Å²) in [7, 11) is 0. The second kappa shape index (κ2) is 4.99. The van der Waals surface area contributed by atoms with Crippen LogP contribution in [-0.2, 0) is 5.54 Å². The summed E-state index contributed by atoms with van der Waals surface area (Å²) in [4.78, 5) is 0. The summed E-state index contributed by atoms with van der Waals surface area (Å²) in [6.07, 6.45) is 3.96. The Bertz CT molecular complexity index is 405.